The predicted octanol–water partition coefficient (Wildman–Crippen LogP) is 2.64. The molecule has 1 amide bonds. The van der Waals surface area contributed by atoms with Gasteiger partial charge in [0.1, 0.15) is 0 Å². The van der Waals surface area contributed by atoms with Crippen molar-refractivity contribution in [3.05, 3.63) is 35.9 Å². The summed E-state index contributed by atoms with van der Waals surface area (Å²) in [6, 6.07) is 10.2. The number of carbonyl (C=O) groups is 1. The lowest BCUT2D eigenvalue weighted by Crippen LogP contribution is -2.44. The Kier molecular flexibility index (Phi) is 5.60. The smallest absolute Gasteiger partial charge is 0.230 e. The molecular weight excluding hydrogens is 248 g/mol. The number of hydrogen-bond acceptors (Lipinski definition) is 2. The molecule has 1 aromatic rings. The molecule has 20 heavy (non-hydrogen) atoms. The fourth-order valence-corrected chi connectivity index (χ4v) is 3.18. The SMILES string of the molecule is CCC(C(=O)N1CCCC(CNC)C1)c1ccccc1. The highest BCUT2D eigenvalue weighted by atomic mass is 16.2. The van der Waals surface area contributed by atoms with Crippen LogP contribution < -0.4 is 5.32 Å². The Hall–Kier alpha value is -1.35. The molecule has 110 valence electrons. The van der Waals surface area contributed by atoms with Crippen molar-refractivity contribution >= 4 is 5.91 Å². The van der Waals surface area contributed by atoms with Crippen molar-refractivity contribution in [2.45, 2.75) is 32.1 Å². The van der Waals surface area contributed by atoms with Gasteiger partial charge in [0.05, 0.1) is 5.92 Å². The Morgan fingerprint density at radius 3 is 2.80 bits per heavy atom. The van der Waals surface area contributed by atoms with E-state index in [0.29, 0.717) is 11.8 Å². The summed E-state index contributed by atoms with van der Waals surface area (Å²) in [5.41, 5.74) is 1.15. The van der Waals surface area contributed by atoms with E-state index in [1.165, 1.54) is 6.42 Å². The highest BCUT2D eigenvalue weighted by Gasteiger charge is 2.28. The molecule has 0 radical (unpaired) electrons. The molecule has 1 N–H and O–H groups in total. The van der Waals surface area contributed by atoms with Crippen LogP contribution >= 0.6 is 0 Å². The molecule has 1 heterocycles. The fourth-order valence-electron chi connectivity index (χ4n) is 3.18. The van der Waals surface area contributed by atoms with Gasteiger partial charge in [0.25, 0.3) is 0 Å². The van der Waals surface area contributed by atoms with Gasteiger partial charge in [-0.3, -0.25) is 4.79 Å². The standard InChI is InChI=1S/C17H26N2O/c1-3-16(15-9-5-4-6-10-15)17(20)19-11-7-8-14(13-19)12-18-2/h4-6,9-10,14,16,18H,3,7-8,11-13H2,1-2H3. The number of likely N-dealkylation sites (tertiary alicyclic amines) is 1. The minimum Gasteiger partial charge on any atom is -0.342 e. The molecule has 3 heteroatoms. The van der Waals surface area contributed by atoms with Crippen LogP contribution in [0, 0.1) is 5.92 Å². The molecule has 3 nitrogen and oxygen atoms in total. The van der Waals surface area contributed by atoms with Crippen molar-refractivity contribution in [2.75, 3.05) is 26.7 Å². The number of piperidine rings is 1. The summed E-state index contributed by atoms with van der Waals surface area (Å²) in [7, 11) is 1.99. The first-order valence-electron chi connectivity index (χ1n) is 7.74. The number of benzene rings is 1. The minimum atomic E-state index is 0.0181. The van der Waals surface area contributed by atoms with E-state index in [2.05, 4.69) is 29.3 Å². The van der Waals surface area contributed by atoms with E-state index >= 15 is 0 Å². The summed E-state index contributed by atoms with van der Waals surface area (Å²) in [5.74, 6) is 0.926. The molecule has 0 saturated carbocycles. The van der Waals surface area contributed by atoms with Crippen LogP contribution in [-0.2, 0) is 4.79 Å². The van der Waals surface area contributed by atoms with Gasteiger partial charge in [-0.15, -0.1) is 0 Å². The molecule has 0 bridgehead atoms. The molecule has 0 aliphatic carbocycles. The molecule has 2 unspecified atom stereocenters. The first-order chi connectivity index (χ1) is 9.76. The molecule has 1 aromatic carbocycles. The summed E-state index contributed by atoms with van der Waals surface area (Å²) < 4.78 is 0. The van der Waals surface area contributed by atoms with Gasteiger partial charge >= 0.3 is 0 Å². The maximum Gasteiger partial charge on any atom is 0.230 e. The first kappa shape index (κ1) is 15.0. The molecule has 0 spiro atoms. The van der Waals surface area contributed by atoms with Gasteiger partial charge in [0, 0.05) is 13.1 Å². The lowest BCUT2D eigenvalue weighted by atomic mass is 9.92. The Bertz CT molecular complexity index is 416. The van der Waals surface area contributed by atoms with Crippen LogP contribution in [0.15, 0.2) is 30.3 Å². The second-order valence-electron chi connectivity index (χ2n) is 5.72. The predicted molar refractivity (Wildman–Crippen MR) is 82.7 cm³/mol. The minimum absolute atomic E-state index is 0.0181. The summed E-state index contributed by atoms with van der Waals surface area (Å²) in [6.07, 6.45) is 3.23. The van der Waals surface area contributed by atoms with Crippen molar-refractivity contribution in [2.24, 2.45) is 5.92 Å². The zero-order valence-corrected chi connectivity index (χ0v) is 12.6. The number of amides is 1. The Labute approximate surface area is 122 Å². The quantitative estimate of drug-likeness (QED) is 0.895. The van der Waals surface area contributed by atoms with Crippen LogP contribution in [-0.4, -0.2) is 37.5 Å². The monoisotopic (exact) mass is 274 g/mol. The van der Waals surface area contributed by atoms with Crippen molar-refractivity contribution < 1.29 is 4.79 Å². The number of carbonyl (C=O) groups excluding carboxylic acids is 1. The van der Waals surface area contributed by atoms with Gasteiger partial charge in [-0.2, -0.15) is 0 Å². The lowest BCUT2D eigenvalue weighted by Gasteiger charge is -2.35. The van der Waals surface area contributed by atoms with Crippen molar-refractivity contribution in [1.29, 1.82) is 0 Å². The van der Waals surface area contributed by atoms with Gasteiger partial charge in [0.2, 0.25) is 5.91 Å². The topological polar surface area (TPSA) is 32.3 Å². The third kappa shape index (κ3) is 3.60. The zero-order chi connectivity index (χ0) is 14.4. The van der Waals surface area contributed by atoms with Crippen LogP contribution in [0.4, 0.5) is 0 Å². The van der Waals surface area contributed by atoms with Gasteiger partial charge in [0.15, 0.2) is 0 Å². The highest BCUT2D eigenvalue weighted by molar-refractivity contribution is 5.83. The molecule has 1 saturated heterocycles. The Morgan fingerprint density at radius 1 is 1.40 bits per heavy atom. The maximum atomic E-state index is 12.8. The molecular formula is C17H26N2O. The van der Waals surface area contributed by atoms with Gasteiger partial charge in [-0.1, -0.05) is 37.3 Å². The number of hydrogen-bond donors (Lipinski definition) is 1. The Balaban J connectivity index is 2.05. The molecule has 2 atom stereocenters. The molecule has 0 aromatic heterocycles. The maximum absolute atomic E-state index is 12.8. The average molecular weight is 274 g/mol. The highest BCUT2D eigenvalue weighted by Crippen LogP contribution is 2.25. The van der Waals surface area contributed by atoms with E-state index < -0.39 is 0 Å². The van der Waals surface area contributed by atoms with E-state index in [-0.39, 0.29) is 5.92 Å². The Morgan fingerprint density at radius 2 is 2.15 bits per heavy atom. The van der Waals surface area contributed by atoms with Gasteiger partial charge < -0.3 is 10.2 Å². The third-order valence-corrected chi connectivity index (χ3v) is 4.23. The normalized spacial score (nSPS) is 20.7. The molecule has 1 fully saturated rings. The van der Waals surface area contributed by atoms with Crippen LogP contribution in [0.3, 0.4) is 0 Å². The van der Waals surface area contributed by atoms with Gasteiger partial charge in [-0.05, 0) is 44.3 Å². The number of nitrogens with zero attached hydrogens (tertiary/aromatic N) is 1. The summed E-state index contributed by atoms with van der Waals surface area (Å²) in [4.78, 5) is 14.9. The summed E-state index contributed by atoms with van der Waals surface area (Å²) >= 11 is 0. The molecule has 2 rings (SSSR count). The van der Waals surface area contributed by atoms with E-state index in [9.17, 15) is 4.79 Å². The average Bonchev–Trinajstić information content (AvgIpc) is 2.50. The second kappa shape index (κ2) is 7.44. The van der Waals surface area contributed by atoms with Crippen LogP contribution in [0.2, 0.25) is 0 Å². The number of rotatable bonds is 5. The molecule has 1 aliphatic rings. The first-order valence-corrected chi connectivity index (χ1v) is 7.74. The van der Waals surface area contributed by atoms with Crippen molar-refractivity contribution in [3.63, 3.8) is 0 Å². The number of nitrogens with one attached hydrogen (secondary N) is 1. The van der Waals surface area contributed by atoms with Crippen molar-refractivity contribution in [1.82, 2.24) is 10.2 Å². The van der Waals surface area contributed by atoms with E-state index in [1.807, 2.05) is 25.2 Å². The third-order valence-electron chi connectivity index (χ3n) is 4.23. The lowest BCUT2D eigenvalue weighted by molar-refractivity contribution is -0.134. The molecule has 1 aliphatic heterocycles. The van der Waals surface area contributed by atoms with Crippen LogP contribution in [0.5, 0.6) is 0 Å². The van der Waals surface area contributed by atoms with Crippen molar-refractivity contribution in [3.8, 4) is 0 Å². The van der Waals surface area contributed by atoms with Crippen LogP contribution in [0.25, 0.3) is 0 Å². The second-order valence-corrected chi connectivity index (χ2v) is 5.72. The van der Waals surface area contributed by atoms with E-state index in [1.54, 1.807) is 0 Å². The summed E-state index contributed by atoms with van der Waals surface area (Å²) in [6.45, 7) is 4.93. The van der Waals surface area contributed by atoms with Gasteiger partial charge in [-0.25, -0.2) is 0 Å². The zero-order valence-electron chi connectivity index (χ0n) is 12.6. The fraction of sp³-hybridized carbons (Fsp3) is 0.588. The van der Waals surface area contributed by atoms with E-state index in [4.69, 9.17) is 0 Å². The summed E-state index contributed by atoms with van der Waals surface area (Å²) in [5, 5.41) is 3.23. The van der Waals surface area contributed by atoms with E-state index in [0.717, 1.165) is 38.0 Å². The van der Waals surface area contributed by atoms with Crippen LogP contribution in [0.1, 0.15) is 37.7 Å². The largest absolute Gasteiger partial charge is 0.342 e.